The van der Waals surface area contributed by atoms with Gasteiger partial charge in [0.15, 0.2) is 0 Å². The molecular formula is C23H21ClFN3. The summed E-state index contributed by atoms with van der Waals surface area (Å²) in [7, 11) is 0. The van der Waals surface area contributed by atoms with E-state index in [1.165, 1.54) is 12.1 Å². The molecule has 0 atom stereocenters. The fourth-order valence-electron chi connectivity index (χ4n) is 3.14. The molecule has 0 saturated heterocycles. The molecule has 0 spiro atoms. The van der Waals surface area contributed by atoms with Crippen LogP contribution in [0.4, 0.5) is 10.2 Å². The van der Waals surface area contributed by atoms with E-state index >= 15 is 0 Å². The average Bonchev–Trinajstić information content (AvgIpc) is 2.99. The Morgan fingerprint density at radius 1 is 0.857 bits per heavy atom. The second kappa shape index (κ2) is 6.95. The number of anilines is 1. The van der Waals surface area contributed by atoms with Crippen molar-refractivity contribution in [2.45, 2.75) is 26.3 Å². The zero-order valence-electron chi connectivity index (χ0n) is 16.0. The molecule has 2 heterocycles. The maximum Gasteiger partial charge on any atom is 0.139 e. The number of imidazole rings is 1. The van der Waals surface area contributed by atoms with E-state index in [9.17, 15) is 4.39 Å². The summed E-state index contributed by atoms with van der Waals surface area (Å²) >= 11 is 6.06. The Morgan fingerprint density at radius 2 is 1.46 bits per heavy atom. The lowest BCUT2D eigenvalue weighted by molar-refractivity contribution is 0.628. The molecule has 4 aromatic rings. The van der Waals surface area contributed by atoms with Gasteiger partial charge in [0.25, 0.3) is 0 Å². The van der Waals surface area contributed by atoms with Gasteiger partial charge in [-0.3, -0.25) is 4.40 Å². The molecule has 28 heavy (non-hydrogen) atoms. The van der Waals surface area contributed by atoms with Crippen molar-refractivity contribution in [2.75, 3.05) is 5.32 Å². The summed E-state index contributed by atoms with van der Waals surface area (Å²) in [6.07, 6.45) is 2.03. The average molecular weight is 394 g/mol. The Hall–Kier alpha value is -2.85. The van der Waals surface area contributed by atoms with Crippen LogP contribution in [0, 0.1) is 5.82 Å². The van der Waals surface area contributed by atoms with E-state index in [0.717, 1.165) is 33.8 Å². The van der Waals surface area contributed by atoms with Gasteiger partial charge in [0, 0.05) is 22.3 Å². The SMILES string of the molecule is CC(C)(C)Nc1c(-c2ccc(Cl)cc2)nc2ccc(-c3ccc(F)cc3)cn12. The largest absolute Gasteiger partial charge is 0.365 e. The normalized spacial score (nSPS) is 11.8. The zero-order chi connectivity index (χ0) is 19.9. The van der Waals surface area contributed by atoms with Crippen molar-refractivity contribution in [3.05, 3.63) is 77.7 Å². The van der Waals surface area contributed by atoms with Gasteiger partial charge in [-0.1, -0.05) is 35.9 Å². The summed E-state index contributed by atoms with van der Waals surface area (Å²) in [5.74, 6) is 0.668. The van der Waals surface area contributed by atoms with Crippen LogP contribution in [0.2, 0.25) is 5.02 Å². The number of nitrogens with one attached hydrogen (secondary N) is 1. The van der Waals surface area contributed by atoms with Gasteiger partial charge in [0.1, 0.15) is 23.0 Å². The lowest BCUT2D eigenvalue weighted by Gasteiger charge is -2.22. The summed E-state index contributed by atoms with van der Waals surface area (Å²) in [6, 6.07) is 18.2. The van der Waals surface area contributed by atoms with Crippen molar-refractivity contribution >= 4 is 23.1 Å². The van der Waals surface area contributed by atoms with Crippen molar-refractivity contribution in [1.82, 2.24) is 9.38 Å². The van der Waals surface area contributed by atoms with Crippen LogP contribution in [-0.2, 0) is 0 Å². The number of hydrogen-bond acceptors (Lipinski definition) is 2. The number of fused-ring (bicyclic) bond motifs is 1. The first-order chi connectivity index (χ1) is 13.3. The molecule has 0 fully saturated rings. The summed E-state index contributed by atoms with van der Waals surface area (Å²) < 4.78 is 15.3. The molecule has 2 aromatic carbocycles. The zero-order valence-corrected chi connectivity index (χ0v) is 16.8. The van der Waals surface area contributed by atoms with E-state index in [1.54, 1.807) is 12.1 Å². The summed E-state index contributed by atoms with van der Waals surface area (Å²) in [5.41, 5.74) is 4.48. The number of benzene rings is 2. The predicted octanol–water partition coefficient (Wildman–Crippen LogP) is 6.67. The molecule has 0 amide bonds. The van der Waals surface area contributed by atoms with Gasteiger partial charge in [-0.15, -0.1) is 0 Å². The van der Waals surface area contributed by atoms with Crippen LogP contribution in [0.3, 0.4) is 0 Å². The van der Waals surface area contributed by atoms with Gasteiger partial charge < -0.3 is 5.32 Å². The minimum absolute atomic E-state index is 0.150. The van der Waals surface area contributed by atoms with Gasteiger partial charge in [0.05, 0.1) is 0 Å². The number of rotatable bonds is 3. The molecule has 0 aliphatic carbocycles. The van der Waals surface area contributed by atoms with Crippen LogP contribution in [0.15, 0.2) is 66.9 Å². The van der Waals surface area contributed by atoms with E-state index in [0.29, 0.717) is 5.02 Å². The Bertz CT molecular complexity index is 1120. The molecule has 0 aliphatic heterocycles. The fourth-order valence-corrected chi connectivity index (χ4v) is 3.27. The molecule has 0 unspecified atom stereocenters. The Balaban J connectivity index is 1.90. The summed E-state index contributed by atoms with van der Waals surface area (Å²) in [4.78, 5) is 4.84. The van der Waals surface area contributed by atoms with Crippen molar-refractivity contribution in [3.8, 4) is 22.4 Å². The molecular weight excluding hydrogens is 373 g/mol. The smallest absolute Gasteiger partial charge is 0.139 e. The number of nitrogens with zero attached hydrogens (tertiary/aromatic N) is 2. The first-order valence-electron chi connectivity index (χ1n) is 9.12. The van der Waals surface area contributed by atoms with E-state index in [4.69, 9.17) is 16.6 Å². The van der Waals surface area contributed by atoms with Crippen LogP contribution in [0.1, 0.15) is 20.8 Å². The fraction of sp³-hybridized carbons (Fsp3) is 0.174. The second-order valence-corrected chi connectivity index (χ2v) is 8.28. The molecule has 4 rings (SSSR count). The Kier molecular flexibility index (Phi) is 4.60. The molecule has 0 bridgehead atoms. The molecule has 5 heteroatoms. The first-order valence-corrected chi connectivity index (χ1v) is 9.50. The first kappa shape index (κ1) is 18.5. The quantitative estimate of drug-likeness (QED) is 0.421. The van der Waals surface area contributed by atoms with Gasteiger partial charge in [0.2, 0.25) is 0 Å². The van der Waals surface area contributed by atoms with Gasteiger partial charge >= 0.3 is 0 Å². The Morgan fingerprint density at radius 3 is 2.11 bits per heavy atom. The monoisotopic (exact) mass is 393 g/mol. The highest BCUT2D eigenvalue weighted by atomic mass is 35.5. The van der Waals surface area contributed by atoms with E-state index in [-0.39, 0.29) is 11.4 Å². The van der Waals surface area contributed by atoms with Gasteiger partial charge in [-0.05, 0) is 68.3 Å². The lowest BCUT2D eigenvalue weighted by atomic mass is 10.1. The maximum atomic E-state index is 13.3. The standard InChI is InChI=1S/C23H21ClFN3/c1-23(2,3)27-22-21(16-4-9-18(24)10-5-16)26-20-13-8-17(14-28(20)22)15-6-11-19(25)12-7-15/h4-14,27H,1-3H3. The lowest BCUT2D eigenvalue weighted by Crippen LogP contribution is -2.27. The molecule has 2 aromatic heterocycles. The van der Waals surface area contributed by atoms with E-state index in [2.05, 4.69) is 26.1 Å². The minimum Gasteiger partial charge on any atom is -0.365 e. The Labute approximate surface area is 168 Å². The van der Waals surface area contributed by atoms with Crippen molar-refractivity contribution < 1.29 is 4.39 Å². The van der Waals surface area contributed by atoms with Gasteiger partial charge in [-0.25, -0.2) is 9.37 Å². The summed E-state index contributed by atoms with van der Waals surface area (Å²) in [5, 5.41) is 4.27. The van der Waals surface area contributed by atoms with Crippen LogP contribution in [0.25, 0.3) is 28.0 Å². The highest BCUT2D eigenvalue weighted by Gasteiger charge is 2.19. The third kappa shape index (κ3) is 3.73. The highest BCUT2D eigenvalue weighted by Crippen LogP contribution is 2.33. The van der Waals surface area contributed by atoms with Crippen molar-refractivity contribution in [1.29, 1.82) is 0 Å². The molecule has 142 valence electrons. The van der Waals surface area contributed by atoms with Crippen LogP contribution < -0.4 is 5.32 Å². The van der Waals surface area contributed by atoms with E-state index in [1.807, 2.05) is 47.0 Å². The van der Waals surface area contributed by atoms with Gasteiger partial charge in [-0.2, -0.15) is 0 Å². The number of halogens is 2. The van der Waals surface area contributed by atoms with Crippen molar-refractivity contribution in [2.24, 2.45) is 0 Å². The third-order valence-corrected chi connectivity index (χ3v) is 4.66. The van der Waals surface area contributed by atoms with Crippen LogP contribution in [-0.4, -0.2) is 14.9 Å². The van der Waals surface area contributed by atoms with Crippen LogP contribution >= 0.6 is 11.6 Å². The number of pyridine rings is 1. The molecule has 3 nitrogen and oxygen atoms in total. The molecule has 1 N–H and O–H groups in total. The van der Waals surface area contributed by atoms with E-state index < -0.39 is 0 Å². The number of aromatic nitrogens is 2. The second-order valence-electron chi connectivity index (χ2n) is 7.84. The molecule has 0 saturated carbocycles. The highest BCUT2D eigenvalue weighted by molar-refractivity contribution is 6.30. The number of hydrogen-bond donors (Lipinski definition) is 1. The van der Waals surface area contributed by atoms with Crippen LogP contribution in [0.5, 0.6) is 0 Å². The predicted molar refractivity (Wildman–Crippen MR) is 114 cm³/mol. The topological polar surface area (TPSA) is 29.3 Å². The minimum atomic E-state index is -0.243. The third-order valence-electron chi connectivity index (χ3n) is 4.41. The molecule has 0 aliphatic rings. The van der Waals surface area contributed by atoms with Crippen molar-refractivity contribution in [3.63, 3.8) is 0 Å². The molecule has 0 radical (unpaired) electrons. The maximum absolute atomic E-state index is 13.3. The summed E-state index contributed by atoms with van der Waals surface area (Å²) in [6.45, 7) is 6.34.